The van der Waals surface area contributed by atoms with E-state index < -0.39 is 0 Å². The molecular weight excluding hydrogens is 342 g/mol. The molecule has 3 rings (SSSR count). The van der Waals surface area contributed by atoms with Crippen LogP contribution in [0.5, 0.6) is 5.75 Å². The quantitative estimate of drug-likeness (QED) is 0.643. The molecule has 0 aliphatic rings. The summed E-state index contributed by atoms with van der Waals surface area (Å²) >= 11 is 0. The fourth-order valence-electron chi connectivity index (χ4n) is 3.00. The van der Waals surface area contributed by atoms with Crippen molar-refractivity contribution < 1.29 is 9.53 Å². The van der Waals surface area contributed by atoms with Crippen LogP contribution in [0, 0.1) is 0 Å². The summed E-state index contributed by atoms with van der Waals surface area (Å²) in [7, 11) is 1.64. The molecular formula is C21H23N3O3. The van der Waals surface area contributed by atoms with Gasteiger partial charge in [-0.3, -0.25) is 9.59 Å². The predicted molar refractivity (Wildman–Crippen MR) is 105 cm³/mol. The first kappa shape index (κ1) is 18.6. The first-order chi connectivity index (χ1) is 13.2. The molecule has 1 heterocycles. The van der Waals surface area contributed by atoms with Gasteiger partial charge in [-0.15, -0.1) is 0 Å². The Balaban J connectivity index is 1.45. The summed E-state index contributed by atoms with van der Waals surface area (Å²) in [5, 5.41) is 3.50. The molecule has 0 unspecified atom stereocenters. The van der Waals surface area contributed by atoms with E-state index in [0.717, 1.165) is 17.7 Å². The highest BCUT2D eigenvalue weighted by molar-refractivity contribution is 5.77. The van der Waals surface area contributed by atoms with Crippen LogP contribution in [0.4, 0.5) is 0 Å². The molecule has 3 aromatic rings. The van der Waals surface area contributed by atoms with E-state index in [4.69, 9.17) is 4.74 Å². The standard InChI is InChI=1S/C21H23N3O3/c1-27-18-10-5-2-7-15(18)13-14-22-20(25)12-6-11-19-23-17-9-4-3-8-16(17)21(26)24-19/h2-5,7-10H,6,11-14H2,1H3,(H,22,25)(H,23,24,26). The van der Waals surface area contributed by atoms with Gasteiger partial charge in [-0.05, 0) is 36.6 Å². The molecule has 0 atom stereocenters. The largest absolute Gasteiger partial charge is 0.496 e. The van der Waals surface area contributed by atoms with E-state index in [9.17, 15) is 9.59 Å². The number of carbonyl (C=O) groups is 1. The summed E-state index contributed by atoms with van der Waals surface area (Å²) in [5.74, 6) is 1.44. The smallest absolute Gasteiger partial charge is 0.258 e. The molecule has 0 aliphatic carbocycles. The number of H-pyrrole nitrogens is 1. The fraction of sp³-hybridized carbons (Fsp3) is 0.286. The summed E-state index contributed by atoms with van der Waals surface area (Å²) in [6.45, 7) is 0.560. The van der Waals surface area contributed by atoms with E-state index in [-0.39, 0.29) is 11.5 Å². The lowest BCUT2D eigenvalue weighted by Gasteiger charge is -2.09. The Morgan fingerprint density at radius 2 is 1.89 bits per heavy atom. The van der Waals surface area contributed by atoms with Crippen LogP contribution in [0.1, 0.15) is 24.2 Å². The molecule has 6 heteroatoms. The lowest BCUT2D eigenvalue weighted by atomic mass is 10.1. The van der Waals surface area contributed by atoms with Crippen molar-refractivity contribution in [1.29, 1.82) is 0 Å². The van der Waals surface area contributed by atoms with Crippen molar-refractivity contribution in [3.05, 3.63) is 70.3 Å². The molecule has 1 amide bonds. The second kappa shape index (κ2) is 8.98. The van der Waals surface area contributed by atoms with Crippen LogP contribution in [0.3, 0.4) is 0 Å². The van der Waals surface area contributed by atoms with Crippen molar-refractivity contribution in [2.45, 2.75) is 25.7 Å². The normalized spacial score (nSPS) is 10.7. The number of nitrogens with one attached hydrogen (secondary N) is 2. The van der Waals surface area contributed by atoms with Gasteiger partial charge in [0, 0.05) is 19.4 Å². The zero-order chi connectivity index (χ0) is 19.1. The van der Waals surface area contributed by atoms with Crippen molar-refractivity contribution in [2.75, 3.05) is 13.7 Å². The average molecular weight is 365 g/mol. The van der Waals surface area contributed by atoms with Gasteiger partial charge < -0.3 is 15.0 Å². The second-order valence-electron chi connectivity index (χ2n) is 6.30. The van der Waals surface area contributed by atoms with Gasteiger partial charge in [0.1, 0.15) is 11.6 Å². The van der Waals surface area contributed by atoms with E-state index in [1.54, 1.807) is 13.2 Å². The first-order valence-corrected chi connectivity index (χ1v) is 9.04. The minimum Gasteiger partial charge on any atom is -0.496 e. The van der Waals surface area contributed by atoms with E-state index in [0.29, 0.717) is 42.5 Å². The maximum absolute atomic E-state index is 12.0. The molecule has 2 aromatic carbocycles. The number of rotatable bonds is 8. The van der Waals surface area contributed by atoms with Crippen LogP contribution < -0.4 is 15.6 Å². The zero-order valence-electron chi connectivity index (χ0n) is 15.3. The van der Waals surface area contributed by atoms with E-state index in [2.05, 4.69) is 15.3 Å². The van der Waals surface area contributed by atoms with Crippen LogP contribution in [0.2, 0.25) is 0 Å². The van der Waals surface area contributed by atoms with Crippen LogP contribution in [0.15, 0.2) is 53.3 Å². The van der Waals surface area contributed by atoms with Crippen molar-refractivity contribution >= 4 is 16.8 Å². The van der Waals surface area contributed by atoms with E-state index in [1.165, 1.54) is 0 Å². The van der Waals surface area contributed by atoms with Crippen LogP contribution in [0.25, 0.3) is 10.9 Å². The third-order valence-electron chi connectivity index (χ3n) is 4.39. The minimum atomic E-state index is -0.142. The molecule has 0 radical (unpaired) electrons. The lowest BCUT2D eigenvalue weighted by Crippen LogP contribution is -2.25. The molecule has 0 saturated heterocycles. The summed E-state index contributed by atoms with van der Waals surface area (Å²) in [5.41, 5.74) is 1.60. The molecule has 2 N–H and O–H groups in total. The second-order valence-corrected chi connectivity index (χ2v) is 6.30. The molecule has 140 valence electrons. The van der Waals surface area contributed by atoms with Gasteiger partial charge in [0.05, 0.1) is 18.0 Å². The predicted octanol–water partition coefficient (Wildman–Crippen LogP) is 2.61. The number of hydrogen-bond acceptors (Lipinski definition) is 4. The SMILES string of the molecule is COc1ccccc1CCNC(=O)CCCc1nc2ccccc2c(=O)[nH]1. The number of carbonyl (C=O) groups excluding carboxylic acids is 1. The number of aromatic nitrogens is 2. The third kappa shape index (κ3) is 4.94. The zero-order valence-corrected chi connectivity index (χ0v) is 15.3. The molecule has 6 nitrogen and oxygen atoms in total. The Bertz CT molecular complexity index is 982. The van der Waals surface area contributed by atoms with Gasteiger partial charge in [-0.2, -0.15) is 0 Å². The number of para-hydroxylation sites is 2. The fourth-order valence-corrected chi connectivity index (χ4v) is 3.00. The maximum Gasteiger partial charge on any atom is 0.258 e. The topological polar surface area (TPSA) is 84.1 Å². The minimum absolute atomic E-state index is 0.00645. The number of aromatic amines is 1. The Labute approximate surface area is 157 Å². The number of fused-ring (bicyclic) bond motifs is 1. The number of benzene rings is 2. The van der Waals surface area contributed by atoms with Gasteiger partial charge in [-0.25, -0.2) is 4.98 Å². The van der Waals surface area contributed by atoms with Gasteiger partial charge in [0.25, 0.3) is 5.56 Å². The first-order valence-electron chi connectivity index (χ1n) is 9.04. The molecule has 0 bridgehead atoms. The highest BCUT2D eigenvalue weighted by Crippen LogP contribution is 2.17. The molecule has 0 aliphatic heterocycles. The number of amides is 1. The molecule has 27 heavy (non-hydrogen) atoms. The summed E-state index contributed by atoms with van der Waals surface area (Å²) in [6.07, 6.45) is 2.29. The number of ether oxygens (including phenoxy) is 1. The number of methoxy groups -OCH3 is 1. The summed E-state index contributed by atoms with van der Waals surface area (Å²) in [6, 6.07) is 15.0. The Hall–Kier alpha value is -3.15. The highest BCUT2D eigenvalue weighted by Gasteiger charge is 2.06. The average Bonchev–Trinajstić information content (AvgIpc) is 2.68. The van der Waals surface area contributed by atoms with Gasteiger partial charge in [0.15, 0.2) is 0 Å². The van der Waals surface area contributed by atoms with Crippen molar-refractivity contribution in [2.24, 2.45) is 0 Å². The number of nitrogens with zero attached hydrogens (tertiary/aromatic N) is 1. The molecule has 0 fully saturated rings. The van der Waals surface area contributed by atoms with Gasteiger partial charge in [0.2, 0.25) is 5.91 Å². The maximum atomic E-state index is 12.0. The third-order valence-corrected chi connectivity index (χ3v) is 4.39. The summed E-state index contributed by atoms with van der Waals surface area (Å²) < 4.78 is 5.31. The molecule has 0 saturated carbocycles. The number of hydrogen-bond donors (Lipinski definition) is 2. The van der Waals surface area contributed by atoms with Crippen molar-refractivity contribution in [3.8, 4) is 5.75 Å². The Morgan fingerprint density at radius 3 is 2.74 bits per heavy atom. The van der Waals surface area contributed by atoms with Crippen LogP contribution in [-0.4, -0.2) is 29.5 Å². The molecule has 1 aromatic heterocycles. The molecule has 0 spiro atoms. The van der Waals surface area contributed by atoms with Crippen LogP contribution in [-0.2, 0) is 17.6 Å². The monoisotopic (exact) mass is 365 g/mol. The Kier molecular flexibility index (Phi) is 6.20. The highest BCUT2D eigenvalue weighted by atomic mass is 16.5. The van der Waals surface area contributed by atoms with E-state index in [1.807, 2.05) is 42.5 Å². The lowest BCUT2D eigenvalue weighted by molar-refractivity contribution is -0.121. The van der Waals surface area contributed by atoms with Crippen LogP contribution >= 0.6 is 0 Å². The summed E-state index contributed by atoms with van der Waals surface area (Å²) in [4.78, 5) is 31.3. The van der Waals surface area contributed by atoms with Gasteiger partial charge >= 0.3 is 0 Å². The van der Waals surface area contributed by atoms with Crippen molar-refractivity contribution in [3.63, 3.8) is 0 Å². The number of aryl methyl sites for hydroxylation is 1. The Morgan fingerprint density at radius 1 is 1.11 bits per heavy atom. The van der Waals surface area contributed by atoms with E-state index >= 15 is 0 Å². The van der Waals surface area contributed by atoms with Crippen molar-refractivity contribution in [1.82, 2.24) is 15.3 Å². The van der Waals surface area contributed by atoms with Gasteiger partial charge in [-0.1, -0.05) is 30.3 Å².